The lowest BCUT2D eigenvalue weighted by Crippen LogP contribution is -2.31. The first kappa shape index (κ1) is 12.8. The number of benzene rings is 1. The second-order valence-corrected chi connectivity index (χ2v) is 5.12. The number of hydrogen-bond acceptors (Lipinski definition) is 2. The van der Waals surface area contributed by atoms with Crippen LogP contribution >= 0.6 is 15.9 Å². The molecule has 4 heteroatoms. The highest BCUT2D eigenvalue weighted by atomic mass is 79.9. The van der Waals surface area contributed by atoms with Gasteiger partial charge < -0.3 is 10.1 Å². The molecule has 2 nitrogen and oxygen atoms in total. The van der Waals surface area contributed by atoms with Crippen LogP contribution in [0.4, 0.5) is 4.39 Å². The number of rotatable bonds is 4. The highest BCUT2D eigenvalue weighted by Crippen LogP contribution is 2.43. The molecule has 0 aliphatic carbocycles. The molecule has 1 aliphatic heterocycles. The molecule has 1 heterocycles. The lowest BCUT2D eigenvalue weighted by atomic mass is 10.0. The van der Waals surface area contributed by atoms with E-state index < -0.39 is 0 Å². The molecule has 0 spiro atoms. The minimum absolute atomic E-state index is 0.0183. The summed E-state index contributed by atoms with van der Waals surface area (Å²) < 4.78 is 20.3. The van der Waals surface area contributed by atoms with Crippen molar-refractivity contribution < 1.29 is 9.13 Å². The zero-order valence-corrected chi connectivity index (χ0v) is 11.7. The minimum atomic E-state index is -0.276. The molecule has 0 bridgehead atoms. The lowest BCUT2D eigenvalue weighted by molar-refractivity contribution is 0.179. The monoisotopic (exact) mass is 301 g/mol. The van der Waals surface area contributed by atoms with Gasteiger partial charge >= 0.3 is 0 Å². The summed E-state index contributed by atoms with van der Waals surface area (Å²) in [7, 11) is 0. The van der Waals surface area contributed by atoms with Crippen LogP contribution in [0.3, 0.4) is 0 Å². The first-order chi connectivity index (χ1) is 8.19. The van der Waals surface area contributed by atoms with Crippen LogP contribution in [0.5, 0.6) is 5.75 Å². The maximum atomic E-state index is 13.7. The Morgan fingerprint density at radius 3 is 2.82 bits per heavy atom. The van der Waals surface area contributed by atoms with E-state index in [2.05, 4.69) is 35.1 Å². The van der Waals surface area contributed by atoms with E-state index in [-0.39, 0.29) is 18.0 Å². The van der Waals surface area contributed by atoms with E-state index in [0.717, 1.165) is 29.4 Å². The smallest absolute Gasteiger partial charge is 0.165 e. The fourth-order valence-electron chi connectivity index (χ4n) is 2.22. The number of ether oxygens (including phenoxy) is 1. The minimum Gasteiger partial charge on any atom is -0.485 e. The summed E-state index contributed by atoms with van der Waals surface area (Å²) in [6.45, 7) is 5.08. The summed E-state index contributed by atoms with van der Waals surface area (Å²) in [4.78, 5) is 0. The van der Waals surface area contributed by atoms with E-state index in [9.17, 15) is 4.39 Å². The van der Waals surface area contributed by atoms with Gasteiger partial charge in [0.1, 0.15) is 6.10 Å². The summed E-state index contributed by atoms with van der Waals surface area (Å²) in [6, 6.07) is 3.27. The fraction of sp³-hybridized carbons (Fsp3) is 0.538. The quantitative estimate of drug-likeness (QED) is 0.913. The van der Waals surface area contributed by atoms with Crippen molar-refractivity contribution in [1.29, 1.82) is 0 Å². The highest BCUT2D eigenvalue weighted by Gasteiger charge is 2.36. The largest absolute Gasteiger partial charge is 0.485 e. The molecule has 0 radical (unpaired) electrons. The SMILES string of the molecule is CCCNC1c2c(Br)ccc(F)c2OC1CC. The molecular formula is C13H17BrFNO. The van der Waals surface area contributed by atoms with Gasteiger partial charge in [0.15, 0.2) is 11.6 Å². The third kappa shape index (κ3) is 2.33. The second-order valence-electron chi connectivity index (χ2n) is 4.27. The molecular weight excluding hydrogens is 285 g/mol. The molecule has 1 aromatic carbocycles. The molecule has 2 unspecified atom stereocenters. The number of hydrogen-bond donors (Lipinski definition) is 1. The Morgan fingerprint density at radius 1 is 1.41 bits per heavy atom. The second kappa shape index (κ2) is 5.36. The Morgan fingerprint density at radius 2 is 2.18 bits per heavy atom. The van der Waals surface area contributed by atoms with E-state index in [4.69, 9.17) is 4.74 Å². The van der Waals surface area contributed by atoms with Crippen LogP contribution in [0.25, 0.3) is 0 Å². The first-order valence-electron chi connectivity index (χ1n) is 6.07. The lowest BCUT2D eigenvalue weighted by Gasteiger charge is -2.19. The molecule has 94 valence electrons. The molecule has 0 fully saturated rings. The van der Waals surface area contributed by atoms with Crippen LogP contribution in [-0.2, 0) is 0 Å². The Hall–Kier alpha value is -0.610. The zero-order chi connectivity index (χ0) is 12.4. The topological polar surface area (TPSA) is 21.3 Å². The van der Waals surface area contributed by atoms with Crippen molar-refractivity contribution in [1.82, 2.24) is 5.32 Å². The molecule has 2 atom stereocenters. The van der Waals surface area contributed by atoms with Crippen molar-refractivity contribution >= 4 is 15.9 Å². The van der Waals surface area contributed by atoms with E-state index in [0.29, 0.717) is 5.75 Å². The Kier molecular flexibility index (Phi) is 4.05. The molecule has 1 N–H and O–H groups in total. The van der Waals surface area contributed by atoms with E-state index in [1.807, 2.05) is 0 Å². The Bertz CT molecular complexity index is 411. The summed E-state index contributed by atoms with van der Waals surface area (Å²) >= 11 is 3.48. The molecule has 0 amide bonds. The van der Waals surface area contributed by atoms with Crippen LogP contribution in [0.1, 0.15) is 38.3 Å². The van der Waals surface area contributed by atoms with Gasteiger partial charge in [-0.1, -0.05) is 29.8 Å². The van der Waals surface area contributed by atoms with Gasteiger partial charge in [0.2, 0.25) is 0 Å². The molecule has 0 aromatic heterocycles. The molecule has 1 aromatic rings. The predicted molar refractivity (Wildman–Crippen MR) is 69.8 cm³/mol. The average molecular weight is 302 g/mol. The Labute approximate surface area is 110 Å². The van der Waals surface area contributed by atoms with Gasteiger partial charge in [-0.15, -0.1) is 0 Å². The van der Waals surface area contributed by atoms with Gasteiger partial charge in [0, 0.05) is 10.0 Å². The Balaban J connectivity index is 2.36. The van der Waals surface area contributed by atoms with Crippen molar-refractivity contribution in [2.75, 3.05) is 6.54 Å². The predicted octanol–water partition coefficient (Wildman–Crippen LogP) is 3.80. The molecule has 0 saturated heterocycles. The number of nitrogens with one attached hydrogen (secondary N) is 1. The fourth-order valence-corrected chi connectivity index (χ4v) is 2.78. The number of fused-ring (bicyclic) bond motifs is 1. The third-order valence-corrected chi connectivity index (χ3v) is 3.75. The highest BCUT2D eigenvalue weighted by molar-refractivity contribution is 9.10. The van der Waals surface area contributed by atoms with E-state index >= 15 is 0 Å². The first-order valence-corrected chi connectivity index (χ1v) is 6.86. The number of halogens is 2. The van der Waals surface area contributed by atoms with Crippen molar-refractivity contribution in [3.8, 4) is 5.75 Å². The maximum absolute atomic E-state index is 13.7. The van der Waals surface area contributed by atoms with Crippen LogP contribution < -0.4 is 10.1 Å². The van der Waals surface area contributed by atoms with Crippen molar-refractivity contribution in [2.24, 2.45) is 0 Å². The molecule has 17 heavy (non-hydrogen) atoms. The molecule has 1 aliphatic rings. The third-order valence-electron chi connectivity index (χ3n) is 3.06. The summed E-state index contributed by atoms with van der Waals surface area (Å²) in [5.74, 6) is 0.127. The van der Waals surface area contributed by atoms with Gasteiger partial charge in [-0.3, -0.25) is 0 Å². The summed E-state index contributed by atoms with van der Waals surface area (Å²) in [5.41, 5.74) is 0.922. The summed E-state index contributed by atoms with van der Waals surface area (Å²) in [6.07, 6.45) is 1.93. The standard InChI is InChI=1S/C13H17BrFNO/c1-3-7-16-12-10(4-2)17-13-9(15)6-5-8(14)11(12)13/h5-6,10,12,16H,3-4,7H2,1-2H3. The van der Waals surface area contributed by atoms with E-state index in [1.165, 1.54) is 6.07 Å². The van der Waals surface area contributed by atoms with Crippen LogP contribution in [-0.4, -0.2) is 12.6 Å². The van der Waals surface area contributed by atoms with Crippen molar-refractivity contribution in [3.05, 3.63) is 28.0 Å². The molecule has 2 rings (SSSR count). The van der Waals surface area contributed by atoms with Crippen LogP contribution in [0.2, 0.25) is 0 Å². The average Bonchev–Trinajstić information content (AvgIpc) is 2.71. The zero-order valence-electron chi connectivity index (χ0n) is 10.1. The van der Waals surface area contributed by atoms with Gasteiger partial charge in [-0.05, 0) is 31.5 Å². The van der Waals surface area contributed by atoms with Gasteiger partial charge in [0.25, 0.3) is 0 Å². The van der Waals surface area contributed by atoms with Gasteiger partial charge in [-0.25, -0.2) is 4.39 Å². The van der Waals surface area contributed by atoms with Crippen molar-refractivity contribution in [3.63, 3.8) is 0 Å². The van der Waals surface area contributed by atoms with Gasteiger partial charge in [0.05, 0.1) is 6.04 Å². The van der Waals surface area contributed by atoms with Crippen molar-refractivity contribution in [2.45, 2.75) is 38.8 Å². The molecule has 0 saturated carbocycles. The van der Waals surface area contributed by atoms with Crippen LogP contribution in [0.15, 0.2) is 16.6 Å². The van der Waals surface area contributed by atoms with Gasteiger partial charge in [-0.2, -0.15) is 0 Å². The van der Waals surface area contributed by atoms with Crippen LogP contribution in [0, 0.1) is 5.82 Å². The van der Waals surface area contributed by atoms with E-state index in [1.54, 1.807) is 6.07 Å². The summed E-state index contributed by atoms with van der Waals surface area (Å²) in [5, 5.41) is 3.43. The maximum Gasteiger partial charge on any atom is 0.165 e. The normalized spacial score (nSPS) is 22.4.